The summed E-state index contributed by atoms with van der Waals surface area (Å²) in [6, 6.07) is 7.08. The number of carbonyl (C=O) groups excluding carboxylic acids is 3. The number of carbonyl (C=O) groups is 3. The van der Waals surface area contributed by atoms with Crippen LogP contribution in [0.2, 0.25) is 0 Å². The standard InChI is InChI=1S/C19H25N3O4S/c1-2-3-12-26-16-6-4-14(5-7-16)20-18(24)21-10-8-15(9-11-21)22-17(23)13-27-19(22)25/h4-7,15H,2-3,8-13H2,1H3,(H,20,24). The van der Waals surface area contributed by atoms with E-state index in [0.717, 1.165) is 30.4 Å². The summed E-state index contributed by atoms with van der Waals surface area (Å²) < 4.78 is 5.62. The van der Waals surface area contributed by atoms with E-state index < -0.39 is 0 Å². The third-order valence-corrected chi connectivity index (χ3v) is 5.61. The maximum absolute atomic E-state index is 12.5. The Labute approximate surface area is 163 Å². The van der Waals surface area contributed by atoms with Gasteiger partial charge in [-0.2, -0.15) is 0 Å². The Morgan fingerprint density at radius 1 is 1.22 bits per heavy atom. The molecule has 2 saturated heterocycles. The van der Waals surface area contributed by atoms with Crippen molar-refractivity contribution in [2.24, 2.45) is 0 Å². The Kier molecular flexibility index (Phi) is 6.60. The van der Waals surface area contributed by atoms with E-state index in [0.29, 0.717) is 38.2 Å². The van der Waals surface area contributed by atoms with Crippen molar-refractivity contribution in [2.75, 3.05) is 30.8 Å². The Bertz CT molecular complexity index is 671. The number of ether oxygens (including phenoxy) is 1. The maximum Gasteiger partial charge on any atom is 0.321 e. The molecule has 0 aromatic heterocycles. The molecule has 1 aromatic carbocycles. The first-order valence-electron chi connectivity index (χ1n) is 9.36. The minimum absolute atomic E-state index is 0.0939. The lowest BCUT2D eigenvalue weighted by molar-refractivity contribution is -0.126. The van der Waals surface area contributed by atoms with Gasteiger partial charge in [0.2, 0.25) is 5.91 Å². The van der Waals surface area contributed by atoms with E-state index in [-0.39, 0.29) is 29.0 Å². The number of nitrogens with one attached hydrogen (secondary N) is 1. The average Bonchev–Trinajstić information content (AvgIpc) is 3.02. The molecule has 3 rings (SSSR count). The highest BCUT2D eigenvalue weighted by atomic mass is 32.2. The van der Waals surface area contributed by atoms with Crippen molar-refractivity contribution in [3.05, 3.63) is 24.3 Å². The quantitative estimate of drug-likeness (QED) is 0.750. The summed E-state index contributed by atoms with van der Waals surface area (Å²) in [5, 5.41) is 2.73. The van der Waals surface area contributed by atoms with E-state index in [1.54, 1.807) is 4.90 Å². The number of amides is 4. The lowest BCUT2D eigenvalue weighted by atomic mass is 10.0. The molecule has 0 radical (unpaired) electrons. The number of thioether (sulfide) groups is 1. The van der Waals surface area contributed by atoms with E-state index in [2.05, 4.69) is 12.2 Å². The van der Waals surface area contributed by atoms with Crippen LogP contribution in [-0.2, 0) is 4.79 Å². The number of unbranched alkanes of at least 4 members (excludes halogenated alkanes) is 1. The van der Waals surface area contributed by atoms with Crippen LogP contribution in [0.4, 0.5) is 15.3 Å². The van der Waals surface area contributed by atoms with E-state index in [1.165, 1.54) is 4.90 Å². The van der Waals surface area contributed by atoms with Crippen molar-refractivity contribution >= 4 is 34.6 Å². The summed E-state index contributed by atoms with van der Waals surface area (Å²) in [7, 11) is 0. The predicted octanol–water partition coefficient (Wildman–Crippen LogP) is 3.56. The molecular weight excluding hydrogens is 366 g/mol. The monoisotopic (exact) mass is 391 g/mol. The largest absolute Gasteiger partial charge is 0.494 e. The molecule has 2 fully saturated rings. The van der Waals surface area contributed by atoms with Gasteiger partial charge in [-0.05, 0) is 43.5 Å². The first-order chi connectivity index (χ1) is 13.1. The van der Waals surface area contributed by atoms with Crippen LogP contribution >= 0.6 is 11.8 Å². The number of likely N-dealkylation sites (tertiary alicyclic amines) is 1. The molecule has 7 nitrogen and oxygen atoms in total. The second-order valence-corrected chi connectivity index (χ2v) is 7.62. The van der Waals surface area contributed by atoms with Gasteiger partial charge in [0.1, 0.15) is 5.75 Å². The zero-order valence-corrected chi connectivity index (χ0v) is 16.3. The van der Waals surface area contributed by atoms with Crippen molar-refractivity contribution in [1.29, 1.82) is 0 Å². The summed E-state index contributed by atoms with van der Waals surface area (Å²) in [5.41, 5.74) is 0.714. The van der Waals surface area contributed by atoms with Gasteiger partial charge < -0.3 is 15.0 Å². The van der Waals surface area contributed by atoms with Gasteiger partial charge in [0.15, 0.2) is 0 Å². The van der Waals surface area contributed by atoms with Crippen molar-refractivity contribution in [1.82, 2.24) is 9.80 Å². The molecule has 0 aliphatic carbocycles. The highest BCUT2D eigenvalue weighted by Crippen LogP contribution is 2.27. The highest BCUT2D eigenvalue weighted by molar-refractivity contribution is 8.14. The second kappa shape index (κ2) is 9.12. The summed E-state index contributed by atoms with van der Waals surface area (Å²) in [6.45, 7) is 3.86. The van der Waals surface area contributed by atoms with Gasteiger partial charge in [-0.1, -0.05) is 25.1 Å². The number of urea groups is 1. The van der Waals surface area contributed by atoms with Crippen LogP contribution < -0.4 is 10.1 Å². The molecule has 0 spiro atoms. The first kappa shape index (κ1) is 19.5. The number of rotatable bonds is 6. The normalized spacial score (nSPS) is 18.1. The summed E-state index contributed by atoms with van der Waals surface area (Å²) in [4.78, 5) is 39.2. The Balaban J connectivity index is 1.47. The van der Waals surface area contributed by atoms with Crippen LogP contribution in [0.15, 0.2) is 24.3 Å². The average molecular weight is 391 g/mol. The third-order valence-electron chi connectivity index (χ3n) is 4.77. The van der Waals surface area contributed by atoms with E-state index in [4.69, 9.17) is 4.74 Å². The fourth-order valence-corrected chi connectivity index (χ4v) is 3.99. The minimum atomic E-state index is -0.165. The van der Waals surface area contributed by atoms with Crippen molar-refractivity contribution in [2.45, 2.75) is 38.6 Å². The molecule has 4 amide bonds. The molecule has 0 saturated carbocycles. The molecule has 27 heavy (non-hydrogen) atoms. The van der Waals surface area contributed by atoms with Crippen LogP contribution in [0.25, 0.3) is 0 Å². The number of hydrogen-bond donors (Lipinski definition) is 1. The van der Waals surface area contributed by atoms with Crippen molar-refractivity contribution in [3.8, 4) is 5.75 Å². The van der Waals surface area contributed by atoms with Gasteiger partial charge in [0.25, 0.3) is 5.24 Å². The van der Waals surface area contributed by atoms with Crippen LogP contribution in [0.1, 0.15) is 32.6 Å². The summed E-state index contributed by atoms with van der Waals surface area (Å²) in [5.74, 6) is 0.909. The van der Waals surface area contributed by atoms with Gasteiger partial charge in [0, 0.05) is 24.8 Å². The number of imide groups is 1. The Morgan fingerprint density at radius 3 is 2.52 bits per heavy atom. The molecule has 8 heteroatoms. The topological polar surface area (TPSA) is 79.0 Å². The molecule has 1 aromatic rings. The predicted molar refractivity (Wildman–Crippen MR) is 105 cm³/mol. The van der Waals surface area contributed by atoms with Gasteiger partial charge in [-0.25, -0.2) is 4.79 Å². The Hall–Kier alpha value is -2.22. The van der Waals surface area contributed by atoms with Gasteiger partial charge in [-0.15, -0.1) is 0 Å². The zero-order valence-electron chi connectivity index (χ0n) is 15.5. The zero-order chi connectivity index (χ0) is 19.2. The third kappa shape index (κ3) is 4.94. The van der Waals surface area contributed by atoms with Crippen LogP contribution in [0.3, 0.4) is 0 Å². The summed E-state index contributed by atoms with van der Waals surface area (Å²) in [6.07, 6.45) is 3.34. The van der Waals surface area contributed by atoms with E-state index in [1.807, 2.05) is 24.3 Å². The van der Waals surface area contributed by atoms with Gasteiger partial charge in [-0.3, -0.25) is 14.5 Å². The maximum atomic E-state index is 12.5. The van der Waals surface area contributed by atoms with Gasteiger partial charge >= 0.3 is 6.03 Å². The number of piperidine rings is 1. The van der Waals surface area contributed by atoms with Gasteiger partial charge in [0.05, 0.1) is 12.4 Å². The molecule has 0 unspecified atom stereocenters. The molecular formula is C19H25N3O4S. The van der Waals surface area contributed by atoms with E-state index >= 15 is 0 Å². The van der Waals surface area contributed by atoms with Crippen molar-refractivity contribution < 1.29 is 19.1 Å². The first-order valence-corrected chi connectivity index (χ1v) is 10.3. The Morgan fingerprint density at radius 2 is 1.93 bits per heavy atom. The molecule has 1 N–H and O–H groups in total. The molecule has 2 heterocycles. The smallest absolute Gasteiger partial charge is 0.321 e. The van der Waals surface area contributed by atoms with E-state index in [9.17, 15) is 14.4 Å². The summed E-state index contributed by atoms with van der Waals surface area (Å²) >= 11 is 1.06. The number of hydrogen-bond acceptors (Lipinski definition) is 5. The SMILES string of the molecule is CCCCOc1ccc(NC(=O)N2CCC(N3C(=O)CSC3=O)CC2)cc1. The molecule has 146 valence electrons. The van der Waals surface area contributed by atoms with Crippen LogP contribution in [0, 0.1) is 0 Å². The van der Waals surface area contributed by atoms with Crippen LogP contribution in [-0.4, -0.2) is 58.5 Å². The molecule has 2 aliphatic rings. The molecule has 0 atom stereocenters. The lowest BCUT2D eigenvalue weighted by Crippen LogP contribution is -2.49. The number of anilines is 1. The fourth-order valence-electron chi connectivity index (χ4n) is 3.22. The fraction of sp³-hybridized carbons (Fsp3) is 0.526. The minimum Gasteiger partial charge on any atom is -0.494 e. The van der Waals surface area contributed by atoms with Crippen LogP contribution in [0.5, 0.6) is 5.75 Å². The number of nitrogens with zero attached hydrogens (tertiary/aromatic N) is 2. The molecule has 0 bridgehead atoms. The highest BCUT2D eigenvalue weighted by Gasteiger charge is 2.37. The number of benzene rings is 1. The molecule has 2 aliphatic heterocycles. The lowest BCUT2D eigenvalue weighted by Gasteiger charge is -2.35. The second-order valence-electron chi connectivity index (χ2n) is 6.69. The van der Waals surface area contributed by atoms with Crippen molar-refractivity contribution in [3.63, 3.8) is 0 Å².